The van der Waals surface area contributed by atoms with Crippen molar-refractivity contribution in [2.75, 3.05) is 5.75 Å². The van der Waals surface area contributed by atoms with E-state index in [0.717, 1.165) is 16.2 Å². The van der Waals surface area contributed by atoms with Crippen LogP contribution in [-0.2, 0) is 6.54 Å². The van der Waals surface area contributed by atoms with E-state index < -0.39 is 0 Å². The first-order valence-electron chi connectivity index (χ1n) is 5.38. The van der Waals surface area contributed by atoms with Gasteiger partial charge in [-0.25, -0.2) is 4.39 Å². The zero-order chi connectivity index (χ0) is 11.1. The SMILES string of the molecule is CCCCCSc1cc(F)cc(CN)c1. The quantitative estimate of drug-likeness (QED) is 0.594. The molecular formula is C12H18FNS. The fourth-order valence-electron chi connectivity index (χ4n) is 1.36. The van der Waals surface area contributed by atoms with Gasteiger partial charge in [0.25, 0.3) is 0 Å². The second-order valence-corrected chi connectivity index (χ2v) is 4.72. The molecule has 0 heterocycles. The van der Waals surface area contributed by atoms with Gasteiger partial charge in [0, 0.05) is 11.4 Å². The third-order valence-corrected chi connectivity index (χ3v) is 3.25. The van der Waals surface area contributed by atoms with Crippen LogP contribution in [0.15, 0.2) is 23.1 Å². The van der Waals surface area contributed by atoms with E-state index >= 15 is 0 Å². The summed E-state index contributed by atoms with van der Waals surface area (Å²) in [6, 6.07) is 5.05. The largest absolute Gasteiger partial charge is 0.326 e. The van der Waals surface area contributed by atoms with E-state index in [1.807, 2.05) is 6.07 Å². The lowest BCUT2D eigenvalue weighted by atomic mass is 10.2. The summed E-state index contributed by atoms with van der Waals surface area (Å²) in [6.07, 6.45) is 3.65. The molecular weight excluding hydrogens is 209 g/mol. The zero-order valence-electron chi connectivity index (χ0n) is 9.13. The molecule has 84 valence electrons. The molecule has 15 heavy (non-hydrogen) atoms. The van der Waals surface area contributed by atoms with Crippen molar-refractivity contribution in [3.8, 4) is 0 Å². The van der Waals surface area contributed by atoms with Crippen molar-refractivity contribution in [1.29, 1.82) is 0 Å². The number of thioether (sulfide) groups is 1. The predicted molar refractivity (Wildman–Crippen MR) is 64.5 cm³/mol. The predicted octanol–water partition coefficient (Wildman–Crippen LogP) is 3.57. The Kier molecular flexibility index (Phi) is 5.73. The van der Waals surface area contributed by atoms with Gasteiger partial charge in [0.2, 0.25) is 0 Å². The lowest BCUT2D eigenvalue weighted by molar-refractivity contribution is 0.621. The average molecular weight is 227 g/mol. The number of rotatable bonds is 6. The molecule has 0 aliphatic rings. The highest BCUT2D eigenvalue weighted by Gasteiger charge is 2.00. The van der Waals surface area contributed by atoms with Crippen molar-refractivity contribution in [1.82, 2.24) is 0 Å². The number of benzene rings is 1. The van der Waals surface area contributed by atoms with Crippen LogP contribution in [0.3, 0.4) is 0 Å². The monoisotopic (exact) mass is 227 g/mol. The zero-order valence-corrected chi connectivity index (χ0v) is 9.95. The number of hydrogen-bond acceptors (Lipinski definition) is 2. The van der Waals surface area contributed by atoms with Gasteiger partial charge in [-0.3, -0.25) is 0 Å². The van der Waals surface area contributed by atoms with Gasteiger partial charge in [0.1, 0.15) is 5.82 Å². The Labute approximate surface area is 95.2 Å². The smallest absolute Gasteiger partial charge is 0.124 e. The first kappa shape index (κ1) is 12.5. The molecule has 1 nitrogen and oxygen atoms in total. The fourth-order valence-corrected chi connectivity index (χ4v) is 2.38. The van der Waals surface area contributed by atoms with Crippen molar-refractivity contribution in [3.63, 3.8) is 0 Å². The van der Waals surface area contributed by atoms with Crippen molar-refractivity contribution in [2.24, 2.45) is 5.73 Å². The van der Waals surface area contributed by atoms with E-state index in [-0.39, 0.29) is 5.82 Å². The Morgan fingerprint density at radius 2 is 2.07 bits per heavy atom. The van der Waals surface area contributed by atoms with E-state index in [9.17, 15) is 4.39 Å². The van der Waals surface area contributed by atoms with E-state index in [0.29, 0.717) is 6.54 Å². The van der Waals surface area contributed by atoms with Crippen molar-refractivity contribution < 1.29 is 4.39 Å². The molecule has 1 aromatic carbocycles. The van der Waals surface area contributed by atoms with Crippen LogP contribution in [0, 0.1) is 5.82 Å². The molecule has 0 radical (unpaired) electrons. The first-order valence-corrected chi connectivity index (χ1v) is 6.37. The Morgan fingerprint density at radius 3 is 2.73 bits per heavy atom. The lowest BCUT2D eigenvalue weighted by Gasteiger charge is -2.04. The maximum absolute atomic E-state index is 13.1. The summed E-state index contributed by atoms with van der Waals surface area (Å²) < 4.78 is 13.1. The van der Waals surface area contributed by atoms with Crippen LogP contribution in [0.1, 0.15) is 31.7 Å². The molecule has 0 spiro atoms. The minimum Gasteiger partial charge on any atom is -0.326 e. The van der Waals surface area contributed by atoms with Gasteiger partial charge in [-0.05, 0) is 35.9 Å². The lowest BCUT2D eigenvalue weighted by Crippen LogP contribution is -1.97. The molecule has 0 atom stereocenters. The van der Waals surface area contributed by atoms with E-state index in [4.69, 9.17) is 5.73 Å². The summed E-state index contributed by atoms with van der Waals surface area (Å²) in [6.45, 7) is 2.58. The second kappa shape index (κ2) is 6.85. The first-order chi connectivity index (χ1) is 7.26. The van der Waals surface area contributed by atoms with Gasteiger partial charge in [-0.2, -0.15) is 0 Å². The van der Waals surface area contributed by atoms with Crippen LogP contribution in [0.4, 0.5) is 4.39 Å². The molecule has 0 unspecified atom stereocenters. The summed E-state index contributed by atoms with van der Waals surface area (Å²) in [5.74, 6) is 0.873. The van der Waals surface area contributed by atoms with E-state index in [1.165, 1.54) is 25.3 Å². The van der Waals surface area contributed by atoms with Gasteiger partial charge in [-0.15, -0.1) is 11.8 Å². The Bertz CT molecular complexity index is 302. The molecule has 3 heteroatoms. The number of unbranched alkanes of at least 4 members (excludes halogenated alkanes) is 2. The Balaban J connectivity index is 2.49. The van der Waals surface area contributed by atoms with Crippen LogP contribution in [0.25, 0.3) is 0 Å². The molecule has 0 aliphatic carbocycles. The van der Waals surface area contributed by atoms with Crippen molar-refractivity contribution in [2.45, 2.75) is 37.6 Å². The third kappa shape index (κ3) is 4.67. The van der Waals surface area contributed by atoms with E-state index in [1.54, 1.807) is 17.8 Å². The molecule has 0 aliphatic heterocycles. The summed E-state index contributed by atoms with van der Waals surface area (Å²) >= 11 is 1.71. The van der Waals surface area contributed by atoms with Gasteiger partial charge in [-0.1, -0.05) is 19.8 Å². The second-order valence-electron chi connectivity index (χ2n) is 3.55. The standard InChI is InChI=1S/C12H18FNS/c1-2-3-4-5-15-12-7-10(9-14)6-11(13)8-12/h6-8H,2-5,9,14H2,1H3. The van der Waals surface area contributed by atoms with Crippen molar-refractivity contribution >= 4 is 11.8 Å². The highest BCUT2D eigenvalue weighted by molar-refractivity contribution is 7.99. The molecule has 1 aromatic rings. The summed E-state index contributed by atoms with van der Waals surface area (Å²) in [7, 11) is 0. The van der Waals surface area contributed by atoms with Gasteiger partial charge < -0.3 is 5.73 Å². The minimum absolute atomic E-state index is 0.184. The third-order valence-electron chi connectivity index (χ3n) is 2.18. The fraction of sp³-hybridized carbons (Fsp3) is 0.500. The average Bonchev–Trinajstić information content (AvgIpc) is 2.23. The van der Waals surface area contributed by atoms with Crippen LogP contribution in [0.2, 0.25) is 0 Å². The number of halogens is 1. The maximum atomic E-state index is 13.1. The molecule has 0 aromatic heterocycles. The minimum atomic E-state index is -0.184. The molecule has 2 N–H and O–H groups in total. The van der Waals surface area contributed by atoms with Gasteiger partial charge in [0.05, 0.1) is 0 Å². The topological polar surface area (TPSA) is 26.0 Å². The summed E-state index contributed by atoms with van der Waals surface area (Å²) in [4.78, 5) is 0.992. The van der Waals surface area contributed by atoms with Crippen LogP contribution < -0.4 is 5.73 Å². The molecule has 1 rings (SSSR count). The van der Waals surface area contributed by atoms with Gasteiger partial charge >= 0.3 is 0 Å². The number of nitrogens with two attached hydrogens (primary N) is 1. The summed E-state index contributed by atoms with van der Waals surface area (Å²) in [5.41, 5.74) is 6.36. The highest BCUT2D eigenvalue weighted by Crippen LogP contribution is 2.22. The van der Waals surface area contributed by atoms with Crippen LogP contribution >= 0.6 is 11.8 Å². The summed E-state index contributed by atoms with van der Waals surface area (Å²) in [5, 5.41) is 0. The maximum Gasteiger partial charge on any atom is 0.124 e. The molecule has 0 saturated heterocycles. The molecule has 0 fully saturated rings. The van der Waals surface area contributed by atoms with Crippen LogP contribution in [-0.4, -0.2) is 5.75 Å². The van der Waals surface area contributed by atoms with E-state index in [2.05, 4.69) is 6.92 Å². The normalized spacial score (nSPS) is 10.6. The molecule has 0 amide bonds. The van der Waals surface area contributed by atoms with Crippen molar-refractivity contribution in [3.05, 3.63) is 29.6 Å². The highest BCUT2D eigenvalue weighted by atomic mass is 32.2. The van der Waals surface area contributed by atoms with Gasteiger partial charge in [0.15, 0.2) is 0 Å². The Hall–Kier alpha value is -0.540. The molecule has 0 bridgehead atoms. The Morgan fingerprint density at radius 1 is 1.27 bits per heavy atom. The molecule has 0 saturated carbocycles. The van der Waals surface area contributed by atoms with Crippen LogP contribution in [0.5, 0.6) is 0 Å². The number of hydrogen-bond donors (Lipinski definition) is 1.